The molecule has 3 rings (SSSR count). The van der Waals surface area contributed by atoms with Crippen LogP contribution in [0.1, 0.15) is 23.3 Å². The number of carboxylic acid groups (broad SMARTS) is 1. The Morgan fingerprint density at radius 3 is 3.04 bits per heavy atom. The summed E-state index contributed by atoms with van der Waals surface area (Å²) in [4.78, 5) is 29.5. The smallest absolute Gasteiger partial charge is 0.407 e. The average molecular weight is 349 g/mol. The fourth-order valence-corrected chi connectivity index (χ4v) is 3.60. The minimum absolute atomic E-state index is 0.291. The SMILES string of the molecule is O=C(Nc1ncc(Cc2cccc(F)c2)s1)[C@H]1CCCN1C(=O)O. The number of nitrogens with one attached hydrogen (secondary N) is 1. The molecule has 2 amide bonds. The molecular weight excluding hydrogens is 333 g/mol. The van der Waals surface area contributed by atoms with Crippen LogP contribution in [0, 0.1) is 5.82 Å². The Hall–Kier alpha value is -2.48. The Bertz CT molecular complexity index is 765. The van der Waals surface area contributed by atoms with Crippen molar-refractivity contribution in [3.05, 3.63) is 46.7 Å². The number of benzene rings is 1. The number of aromatic nitrogens is 1. The molecular formula is C16H16FN3O3S. The van der Waals surface area contributed by atoms with E-state index in [-0.39, 0.29) is 11.7 Å². The van der Waals surface area contributed by atoms with Gasteiger partial charge in [0.05, 0.1) is 0 Å². The van der Waals surface area contributed by atoms with Crippen LogP contribution in [0.3, 0.4) is 0 Å². The van der Waals surface area contributed by atoms with Crippen LogP contribution in [0.2, 0.25) is 0 Å². The quantitative estimate of drug-likeness (QED) is 0.889. The van der Waals surface area contributed by atoms with E-state index in [4.69, 9.17) is 5.11 Å². The van der Waals surface area contributed by atoms with Gasteiger partial charge in [-0.2, -0.15) is 0 Å². The molecule has 0 radical (unpaired) electrons. The first-order valence-electron chi connectivity index (χ1n) is 7.52. The number of carbonyl (C=O) groups excluding carboxylic acids is 1. The number of halogens is 1. The Morgan fingerprint density at radius 2 is 2.29 bits per heavy atom. The van der Waals surface area contributed by atoms with Gasteiger partial charge < -0.3 is 10.4 Å². The fraction of sp³-hybridized carbons (Fsp3) is 0.312. The second kappa shape index (κ2) is 6.96. The Kier molecular flexibility index (Phi) is 4.75. The van der Waals surface area contributed by atoms with Gasteiger partial charge in [-0.1, -0.05) is 12.1 Å². The van der Waals surface area contributed by atoms with Gasteiger partial charge in [-0.15, -0.1) is 11.3 Å². The van der Waals surface area contributed by atoms with E-state index in [2.05, 4.69) is 10.3 Å². The molecule has 0 saturated carbocycles. The molecule has 0 unspecified atom stereocenters. The zero-order valence-electron chi connectivity index (χ0n) is 12.7. The molecule has 2 heterocycles. The highest BCUT2D eigenvalue weighted by Gasteiger charge is 2.34. The summed E-state index contributed by atoms with van der Waals surface area (Å²) >= 11 is 1.30. The van der Waals surface area contributed by atoms with Gasteiger partial charge in [0, 0.05) is 24.0 Å². The lowest BCUT2D eigenvalue weighted by Crippen LogP contribution is -2.42. The van der Waals surface area contributed by atoms with Crippen molar-refractivity contribution >= 4 is 28.5 Å². The summed E-state index contributed by atoms with van der Waals surface area (Å²) in [5, 5.41) is 12.2. The van der Waals surface area contributed by atoms with Crippen molar-refractivity contribution in [2.45, 2.75) is 25.3 Å². The Morgan fingerprint density at radius 1 is 1.46 bits per heavy atom. The predicted molar refractivity (Wildman–Crippen MR) is 87.7 cm³/mol. The summed E-state index contributed by atoms with van der Waals surface area (Å²) < 4.78 is 13.2. The Balaban J connectivity index is 1.63. The summed E-state index contributed by atoms with van der Waals surface area (Å²) in [7, 11) is 0. The maximum atomic E-state index is 13.2. The molecule has 1 fully saturated rings. The van der Waals surface area contributed by atoms with Gasteiger partial charge in [-0.25, -0.2) is 14.2 Å². The second-order valence-corrected chi connectivity index (χ2v) is 6.68. The molecule has 126 valence electrons. The van der Waals surface area contributed by atoms with Gasteiger partial charge in [-0.05, 0) is 30.5 Å². The van der Waals surface area contributed by atoms with E-state index in [1.54, 1.807) is 12.3 Å². The monoisotopic (exact) mass is 349 g/mol. The zero-order valence-corrected chi connectivity index (χ0v) is 13.6. The molecule has 0 aliphatic carbocycles. The van der Waals surface area contributed by atoms with Crippen LogP contribution in [0.5, 0.6) is 0 Å². The van der Waals surface area contributed by atoms with Crippen molar-refractivity contribution in [3.63, 3.8) is 0 Å². The first-order valence-corrected chi connectivity index (χ1v) is 8.34. The normalized spacial score (nSPS) is 17.0. The maximum absolute atomic E-state index is 13.2. The van der Waals surface area contributed by atoms with Crippen LogP contribution >= 0.6 is 11.3 Å². The van der Waals surface area contributed by atoms with Crippen molar-refractivity contribution < 1.29 is 19.1 Å². The second-order valence-electron chi connectivity index (χ2n) is 5.56. The topological polar surface area (TPSA) is 82.5 Å². The molecule has 6 nitrogen and oxygen atoms in total. The lowest BCUT2D eigenvalue weighted by atomic mass is 10.1. The molecule has 1 atom stereocenters. The Labute approximate surface area is 141 Å². The largest absolute Gasteiger partial charge is 0.465 e. The molecule has 1 aliphatic heterocycles. The first kappa shape index (κ1) is 16.4. The minimum atomic E-state index is -1.08. The van der Waals surface area contributed by atoms with Gasteiger partial charge in [0.1, 0.15) is 11.9 Å². The van der Waals surface area contributed by atoms with Gasteiger partial charge >= 0.3 is 6.09 Å². The molecule has 24 heavy (non-hydrogen) atoms. The third-order valence-electron chi connectivity index (χ3n) is 3.85. The van der Waals surface area contributed by atoms with E-state index in [1.807, 2.05) is 6.07 Å². The molecule has 0 spiro atoms. The number of thiazole rings is 1. The lowest BCUT2D eigenvalue weighted by molar-refractivity contribution is -0.119. The first-order chi connectivity index (χ1) is 11.5. The number of carbonyl (C=O) groups is 2. The van der Waals surface area contributed by atoms with Gasteiger partial charge in [0.15, 0.2) is 5.13 Å². The van der Waals surface area contributed by atoms with Crippen molar-refractivity contribution in [1.29, 1.82) is 0 Å². The van der Waals surface area contributed by atoms with Crippen LogP contribution in [0.25, 0.3) is 0 Å². The number of rotatable bonds is 4. The number of likely N-dealkylation sites (tertiary alicyclic amines) is 1. The molecule has 0 bridgehead atoms. The fourth-order valence-electron chi connectivity index (χ4n) is 2.75. The predicted octanol–water partition coefficient (Wildman–Crippen LogP) is 2.95. The van der Waals surface area contributed by atoms with Gasteiger partial charge in [0.25, 0.3) is 0 Å². The highest BCUT2D eigenvalue weighted by molar-refractivity contribution is 7.15. The number of nitrogens with zero attached hydrogens (tertiary/aromatic N) is 2. The molecule has 1 aromatic heterocycles. The van der Waals surface area contributed by atoms with Crippen molar-refractivity contribution in [1.82, 2.24) is 9.88 Å². The molecule has 2 aromatic rings. The van der Waals surface area contributed by atoms with Crippen molar-refractivity contribution in [3.8, 4) is 0 Å². The van der Waals surface area contributed by atoms with Gasteiger partial charge in [-0.3, -0.25) is 9.69 Å². The van der Waals surface area contributed by atoms with E-state index >= 15 is 0 Å². The van der Waals surface area contributed by atoms with Crippen molar-refractivity contribution in [2.24, 2.45) is 0 Å². The highest BCUT2D eigenvalue weighted by Crippen LogP contribution is 2.24. The van der Waals surface area contributed by atoms with E-state index < -0.39 is 12.1 Å². The third-order valence-corrected chi connectivity index (χ3v) is 4.76. The van der Waals surface area contributed by atoms with E-state index in [0.717, 1.165) is 15.3 Å². The van der Waals surface area contributed by atoms with Crippen LogP contribution in [-0.2, 0) is 11.2 Å². The van der Waals surface area contributed by atoms with Crippen LogP contribution < -0.4 is 5.32 Å². The van der Waals surface area contributed by atoms with E-state index in [1.165, 1.54) is 23.5 Å². The van der Waals surface area contributed by atoms with E-state index in [9.17, 15) is 14.0 Å². The number of hydrogen-bond acceptors (Lipinski definition) is 4. The summed E-state index contributed by atoms with van der Waals surface area (Å²) in [6.45, 7) is 0.371. The van der Waals surface area contributed by atoms with Crippen LogP contribution in [0.4, 0.5) is 14.3 Å². The maximum Gasteiger partial charge on any atom is 0.407 e. The highest BCUT2D eigenvalue weighted by atomic mass is 32.1. The van der Waals surface area contributed by atoms with Crippen LogP contribution in [-0.4, -0.2) is 39.6 Å². The van der Waals surface area contributed by atoms with Crippen molar-refractivity contribution in [2.75, 3.05) is 11.9 Å². The molecule has 1 saturated heterocycles. The molecule has 1 aliphatic rings. The van der Waals surface area contributed by atoms with Gasteiger partial charge in [0.2, 0.25) is 5.91 Å². The molecule has 8 heteroatoms. The standard InChI is InChI=1S/C16H16FN3O3S/c17-11-4-1-3-10(7-11)8-12-9-18-15(24-12)19-14(21)13-5-2-6-20(13)16(22)23/h1,3-4,7,9,13H,2,5-6,8H2,(H,22,23)(H,18,19,21)/t13-/m1/s1. The number of anilines is 1. The summed E-state index contributed by atoms with van der Waals surface area (Å²) in [6.07, 6.45) is 2.26. The van der Waals surface area contributed by atoms with Crippen LogP contribution in [0.15, 0.2) is 30.5 Å². The summed E-state index contributed by atoms with van der Waals surface area (Å²) in [5.41, 5.74) is 0.823. The zero-order chi connectivity index (χ0) is 17.1. The lowest BCUT2D eigenvalue weighted by Gasteiger charge is -2.19. The summed E-state index contributed by atoms with van der Waals surface area (Å²) in [6, 6.07) is 5.65. The molecule has 1 aromatic carbocycles. The average Bonchev–Trinajstić information content (AvgIpc) is 3.16. The summed E-state index contributed by atoms with van der Waals surface area (Å²) in [5.74, 6) is -0.651. The molecule has 2 N–H and O–H groups in total. The number of amides is 2. The minimum Gasteiger partial charge on any atom is -0.465 e. The number of hydrogen-bond donors (Lipinski definition) is 2. The third kappa shape index (κ3) is 3.70. The van der Waals surface area contributed by atoms with E-state index in [0.29, 0.717) is 30.9 Å².